The molecule has 4 aromatic heterocycles. The van der Waals surface area contributed by atoms with Crippen LogP contribution in [0.5, 0.6) is 34.5 Å². The number of nitrogens with one attached hydrogen (secondary N) is 3. The second-order valence-corrected chi connectivity index (χ2v) is 16.5. The molecule has 3 aliphatic heterocycles. The van der Waals surface area contributed by atoms with Crippen LogP contribution in [0.4, 0.5) is 11.9 Å². The van der Waals surface area contributed by atoms with E-state index in [9.17, 15) is 0 Å². The maximum absolute atomic E-state index is 5.61. The number of benzene rings is 4. The molecule has 4 aliphatic rings. The minimum Gasteiger partial charge on any atom is -0.497 e. The van der Waals surface area contributed by atoms with E-state index in [1.807, 2.05) is 89.5 Å². The lowest BCUT2D eigenvalue weighted by Crippen LogP contribution is -2.38. The molecule has 1 aliphatic carbocycles. The molecule has 8 aromatic rings. The molecule has 336 valence electrons. The Bertz CT molecular complexity index is 2830. The SMILES string of the molecule is COc1ccc2c(c1)nc(-c1ccc3c(c1)OCO3)n2-c1ccnc(NC2CCCCC2)n1.COc1ccc2c(c1)nc(-c1ccc3c(c1)OCO3)n2-c1ccnc(N[C@H]2CCCNC2)n1. The Hall–Kier alpha value is -7.66. The quantitative estimate of drug-likeness (QED) is 0.119. The second kappa shape index (κ2) is 18.1. The highest BCUT2D eigenvalue weighted by Gasteiger charge is 2.23. The highest BCUT2D eigenvalue weighted by molar-refractivity contribution is 5.86. The summed E-state index contributed by atoms with van der Waals surface area (Å²) < 4.78 is 37.1. The molecule has 12 rings (SSSR count). The van der Waals surface area contributed by atoms with Crippen molar-refractivity contribution in [3.05, 3.63) is 97.3 Å². The van der Waals surface area contributed by atoms with Gasteiger partial charge < -0.3 is 44.4 Å². The van der Waals surface area contributed by atoms with Gasteiger partial charge in [-0.2, -0.15) is 9.97 Å². The molecule has 0 amide bonds. The lowest BCUT2D eigenvalue weighted by Gasteiger charge is -2.23. The molecule has 0 radical (unpaired) electrons. The number of piperidine rings is 1. The van der Waals surface area contributed by atoms with E-state index in [0.29, 0.717) is 35.5 Å². The van der Waals surface area contributed by atoms with Crippen LogP contribution in [0.3, 0.4) is 0 Å². The number of aromatic nitrogens is 8. The fourth-order valence-corrected chi connectivity index (χ4v) is 8.97. The summed E-state index contributed by atoms with van der Waals surface area (Å²) in [5.74, 6) is 8.65. The smallest absolute Gasteiger partial charge is 0.231 e. The number of fused-ring (bicyclic) bond motifs is 4. The van der Waals surface area contributed by atoms with E-state index in [2.05, 4.69) is 30.5 Å². The molecule has 3 N–H and O–H groups in total. The first-order valence-corrected chi connectivity index (χ1v) is 22.4. The number of nitrogens with zero attached hydrogens (tertiary/aromatic N) is 8. The third-order valence-electron chi connectivity index (χ3n) is 12.3. The third kappa shape index (κ3) is 8.28. The lowest BCUT2D eigenvalue weighted by molar-refractivity contribution is 0.173. The predicted octanol–water partition coefficient (Wildman–Crippen LogP) is 8.35. The van der Waals surface area contributed by atoms with E-state index in [4.69, 9.17) is 48.4 Å². The number of hydrogen-bond acceptors (Lipinski definition) is 15. The molecule has 17 nitrogen and oxygen atoms in total. The first-order chi connectivity index (χ1) is 32.6. The minimum absolute atomic E-state index is 0.226. The summed E-state index contributed by atoms with van der Waals surface area (Å²) in [6.07, 6.45) is 11.9. The van der Waals surface area contributed by atoms with Crippen molar-refractivity contribution in [1.29, 1.82) is 0 Å². The number of anilines is 2. The molecule has 1 atom stereocenters. The number of ether oxygens (including phenoxy) is 6. The summed E-state index contributed by atoms with van der Waals surface area (Å²) in [5.41, 5.74) is 5.31. The summed E-state index contributed by atoms with van der Waals surface area (Å²) in [4.78, 5) is 28.5. The summed E-state index contributed by atoms with van der Waals surface area (Å²) in [6.45, 7) is 2.42. The van der Waals surface area contributed by atoms with E-state index < -0.39 is 0 Å². The van der Waals surface area contributed by atoms with Crippen LogP contribution in [0.2, 0.25) is 0 Å². The zero-order valence-electron chi connectivity index (χ0n) is 36.7. The van der Waals surface area contributed by atoms with Gasteiger partial charge in [0, 0.05) is 54.3 Å². The largest absolute Gasteiger partial charge is 0.497 e. The number of rotatable bonds is 10. The molecule has 1 saturated heterocycles. The van der Waals surface area contributed by atoms with Crippen molar-refractivity contribution in [2.24, 2.45) is 0 Å². The Morgan fingerprint density at radius 3 is 1.58 bits per heavy atom. The number of hydrogen-bond donors (Lipinski definition) is 3. The molecule has 2 fully saturated rings. The molecular weight excluding hydrogens is 839 g/mol. The van der Waals surface area contributed by atoms with Crippen LogP contribution in [0, 0.1) is 0 Å². The zero-order chi connectivity index (χ0) is 44.4. The predicted molar refractivity (Wildman–Crippen MR) is 250 cm³/mol. The van der Waals surface area contributed by atoms with Crippen molar-refractivity contribution >= 4 is 34.0 Å². The first kappa shape index (κ1) is 41.1. The molecule has 4 aromatic carbocycles. The normalized spacial score (nSPS) is 16.5. The van der Waals surface area contributed by atoms with Crippen molar-refractivity contribution in [2.45, 2.75) is 57.0 Å². The average Bonchev–Trinajstić information content (AvgIpc) is 4.19. The van der Waals surface area contributed by atoms with Crippen molar-refractivity contribution in [3.8, 4) is 68.9 Å². The fraction of sp³-hybridized carbons (Fsp3) is 0.306. The Morgan fingerprint density at radius 2 is 1.06 bits per heavy atom. The van der Waals surface area contributed by atoms with Gasteiger partial charge in [0.2, 0.25) is 25.5 Å². The van der Waals surface area contributed by atoms with E-state index in [1.165, 1.54) is 19.3 Å². The molecular formula is C49H49N11O6. The third-order valence-corrected chi connectivity index (χ3v) is 12.3. The van der Waals surface area contributed by atoms with Crippen molar-refractivity contribution in [2.75, 3.05) is 51.5 Å². The van der Waals surface area contributed by atoms with Crippen LogP contribution in [-0.2, 0) is 0 Å². The topological polar surface area (TPSA) is 179 Å². The molecule has 0 bridgehead atoms. The highest BCUT2D eigenvalue weighted by atomic mass is 16.7. The summed E-state index contributed by atoms with van der Waals surface area (Å²) in [6, 6.07) is 28.0. The Morgan fingerprint density at radius 1 is 0.545 bits per heavy atom. The van der Waals surface area contributed by atoms with Gasteiger partial charge in [-0.1, -0.05) is 19.3 Å². The number of imidazole rings is 2. The van der Waals surface area contributed by atoms with Crippen LogP contribution in [0.25, 0.3) is 56.5 Å². The molecule has 0 spiro atoms. The number of methoxy groups -OCH3 is 2. The van der Waals surface area contributed by atoms with Gasteiger partial charge in [-0.15, -0.1) is 0 Å². The van der Waals surface area contributed by atoms with E-state index in [0.717, 1.165) is 118 Å². The molecule has 0 unspecified atom stereocenters. The maximum atomic E-state index is 5.61. The monoisotopic (exact) mass is 887 g/mol. The fourth-order valence-electron chi connectivity index (χ4n) is 8.97. The molecule has 1 saturated carbocycles. The van der Waals surface area contributed by atoms with Gasteiger partial charge in [0.05, 0.1) is 36.3 Å². The Labute approximate surface area is 380 Å². The van der Waals surface area contributed by atoms with Crippen molar-refractivity contribution < 1.29 is 28.4 Å². The summed E-state index contributed by atoms with van der Waals surface area (Å²) in [5, 5.41) is 10.4. The first-order valence-electron chi connectivity index (χ1n) is 22.4. The van der Waals surface area contributed by atoms with E-state index in [-0.39, 0.29) is 13.6 Å². The van der Waals surface area contributed by atoms with Gasteiger partial charge >= 0.3 is 0 Å². The highest BCUT2D eigenvalue weighted by Crippen LogP contribution is 2.39. The summed E-state index contributed by atoms with van der Waals surface area (Å²) >= 11 is 0. The molecule has 17 heteroatoms. The maximum Gasteiger partial charge on any atom is 0.231 e. The Kier molecular flexibility index (Phi) is 11.2. The van der Waals surface area contributed by atoms with Crippen LogP contribution in [-0.4, -0.2) is 92.0 Å². The van der Waals surface area contributed by atoms with Gasteiger partial charge in [-0.25, -0.2) is 19.9 Å². The average molecular weight is 888 g/mol. The van der Waals surface area contributed by atoms with Gasteiger partial charge in [0.1, 0.15) is 34.8 Å². The van der Waals surface area contributed by atoms with Crippen LogP contribution < -0.4 is 44.4 Å². The van der Waals surface area contributed by atoms with Gasteiger partial charge in [-0.05, 0) is 105 Å². The minimum atomic E-state index is 0.226. The van der Waals surface area contributed by atoms with Crippen molar-refractivity contribution in [1.82, 2.24) is 44.4 Å². The molecule has 66 heavy (non-hydrogen) atoms. The van der Waals surface area contributed by atoms with E-state index in [1.54, 1.807) is 26.6 Å². The zero-order valence-corrected chi connectivity index (χ0v) is 36.7. The van der Waals surface area contributed by atoms with E-state index >= 15 is 0 Å². The van der Waals surface area contributed by atoms with Crippen LogP contribution in [0.15, 0.2) is 97.3 Å². The van der Waals surface area contributed by atoms with Gasteiger partial charge in [0.15, 0.2) is 23.0 Å². The van der Waals surface area contributed by atoms with Gasteiger partial charge in [0.25, 0.3) is 0 Å². The van der Waals surface area contributed by atoms with Crippen LogP contribution >= 0.6 is 0 Å². The van der Waals surface area contributed by atoms with Gasteiger partial charge in [-0.3, -0.25) is 9.13 Å². The summed E-state index contributed by atoms with van der Waals surface area (Å²) in [7, 11) is 3.31. The Balaban J connectivity index is 0.000000146. The lowest BCUT2D eigenvalue weighted by atomic mass is 9.96. The second-order valence-electron chi connectivity index (χ2n) is 16.5. The molecule has 7 heterocycles. The van der Waals surface area contributed by atoms with Crippen LogP contribution in [0.1, 0.15) is 44.9 Å². The standard InChI is InChI=1S/C25H25N5O3.C24H24N6O3/c1-31-18-8-9-20-19(14-18)28-24(16-7-10-21-22(13-16)33-15-32-21)30(20)23-11-12-26-25(29-23)27-17-5-3-2-4-6-17;1-31-17-5-6-19-18(12-17)28-23(15-4-7-20-21(11-15)33-14-32-20)30(19)22-8-10-26-24(29-22)27-16-3-2-9-25-13-16/h7-14,17H,2-6,15H2,1H3,(H,26,27,29);4-8,10-12,16,25H,2-3,9,13-14H2,1H3,(H,26,27,29)/t;16-/m.0/s1. The van der Waals surface area contributed by atoms with Crippen molar-refractivity contribution in [3.63, 3.8) is 0 Å².